The number of hydrogen-bond acceptors (Lipinski definition) is 4. The maximum atomic E-state index is 13.7. The van der Waals surface area contributed by atoms with E-state index in [1.54, 1.807) is 23.0 Å². The molecule has 0 bridgehead atoms. The normalized spacial score (nSPS) is 16.4. The smallest absolute Gasteiger partial charge is 0.319 e. The highest BCUT2D eigenvalue weighted by molar-refractivity contribution is 5.89. The van der Waals surface area contributed by atoms with Crippen molar-refractivity contribution < 1.29 is 9.18 Å². The molecule has 2 N–H and O–H groups in total. The van der Waals surface area contributed by atoms with Gasteiger partial charge in [0.1, 0.15) is 11.6 Å². The predicted octanol–water partition coefficient (Wildman–Crippen LogP) is 2.34. The van der Waals surface area contributed by atoms with E-state index in [0.717, 1.165) is 30.1 Å². The van der Waals surface area contributed by atoms with E-state index in [1.807, 2.05) is 13.2 Å². The Labute approximate surface area is 155 Å². The third-order valence-corrected chi connectivity index (χ3v) is 4.67. The molecule has 9 heteroatoms. The van der Waals surface area contributed by atoms with E-state index in [4.69, 9.17) is 0 Å². The first-order valence-corrected chi connectivity index (χ1v) is 8.83. The number of carbonyl (C=O) groups excluding carboxylic acids is 1. The van der Waals surface area contributed by atoms with Crippen LogP contribution in [0.4, 0.5) is 14.9 Å². The molecule has 1 aliphatic rings. The number of amides is 2. The van der Waals surface area contributed by atoms with Crippen LogP contribution >= 0.6 is 0 Å². The summed E-state index contributed by atoms with van der Waals surface area (Å²) in [7, 11) is 1.86. The number of aromatic nitrogens is 5. The lowest BCUT2D eigenvalue weighted by molar-refractivity contribution is 0.246. The van der Waals surface area contributed by atoms with Crippen LogP contribution in [-0.4, -0.2) is 36.6 Å². The van der Waals surface area contributed by atoms with Crippen LogP contribution in [0.2, 0.25) is 0 Å². The maximum absolute atomic E-state index is 13.7. The number of benzene rings is 1. The molecule has 0 saturated carbocycles. The van der Waals surface area contributed by atoms with Gasteiger partial charge < -0.3 is 15.2 Å². The first kappa shape index (κ1) is 17.2. The van der Waals surface area contributed by atoms with E-state index in [0.29, 0.717) is 13.0 Å². The van der Waals surface area contributed by atoms with Gasteiger partial charge in [0.15, 0.2) is 5.82 Å². The van der Waals surface area contributed by atoms with Crippen LogP contribution in [-0.2, 0) is 20.0 Å². The zero-order valence-corrected chi connectivity index (χ0v) is 14.9. The summed E-state index contributed by atoms with van der Waals surface area (Å²) in [4.78, 5) is 12.2. The Morgan fingerprint density at radius 1 is 1.26 bits per heavy atom. The van der Waals surface area contributed by atoms with Gasteiger partial charge in [0.2, 0.25) is 0 Å². The van der Waals surface area contributed by atoms with Gasteiger partial charge in [0, 0.05) is 32.3 Å². The summed E-state index contributed by atoms with van der Waals surface area (Å²) >= 11 is 0. The van der Waals surface area contributed by atoms with Crippen LogP contribution < -0.4 is 10.6 Å². The molecule has 3 heterocycles. The van der Waals surface area contributed by atoms with Gasteiger partial charge in [-0.25, -0.2) is 9.18 Å². The third-order valence-electron chi connectivity index (χ3n) is 4.67. The van der Waals surface area contributed by atoms with Crippen molar-refractivity contribution in [1.29, 1.82) is 0 Å². The highest BCUT2D eigenvalue weighted by atomic mass is 19.1. The Bertz CT molecular complexity index is 964. The quantitative estimate of drug-likeness (QED) is 0.742. The molecule has 2 amide bonds. The number of carbonyl (C=O) groups is 1. The summed E-state index contributed by atoms with van der Waals surface area (Å²) in [6, 6.07) is 5.67. The predicted molar refractivity (Wildman–Crippen MR) is 97.5 cm³/mol. The van der Waals surface area contributed by atoms with E-state index in [1.165, 1.54) is 12.1 Å². The Morgan fingerprint density at radius 3 is 2.89 bits per heavy atom. The molecule has 1 atom stereocenters. The zero-order valence-electron chi connectivity index (χ0n) is 14.9. The van der Waals surface area contributed by atoms with Crippen LogP contribution in [0.1, 0.15) is 18.7 Å². The van der Waals surface area contributed by atoms with E-state index in [2.05, 4.69) is 30.5 Å². The number of halogens is 1. The first-order chi connectivity index (χ1) is 13.1. The maximum Gasteiger partial charge on any atom is 0.319 e. The van der Waals surface area contributed by atoms with Crippen LogP contribution in [0.3, 0.4) is 0 Å². The van der Waals surface area contributed by atoms with Gasteiger partial charge in [-0.2, -0.15) is 5.10 Å². The van der Waals surface area contributed by atoms with Gasteiger partial charge in [-0.1, -0.05) is 12.1 Å². The fraction of sp³-hybridized carbons (Fsp3) is 0.333. The summed E-state index contributed by atoms with van der Waals surface area (Å²) in [5, 5.41) is 18.3. The van der Waals surface area contributed by atoms with Gasteiger partial charge in [-0.3, -0.25) is 4.68 Å². The van der Waals surface area contributed by atoms with Gasteiger partial charge in [0.25, 0.3) is 0 Å². The van der Waals surface area contributed by atoms with Crippen LogP contribution in [0.5, 0.6) is 0 Å². The molecule has 0 spiro atoms. The number of aryl methyl sites for hydroxylation is 2. The number of nitrogens with one attached hydrogen (secondary N) is 2. The average molecular weight is 369 g/mol. The average Bonchev–Trinajstić information content (AvgIpc) is 3.20. The Morgan fingerprint density at radius 2 is 2.11 bits per heavy atom. The van der Waals surface area contributed by atoms with Crippen molar-refractivity contribution in [1.82, 2.24) is 29.9 Å². The highest BCUT2D eigenvalue weighted by Gasteiger charge is 2.22. The second kappa shape index (κ2) is 7.18. The van der Waals surface area contributed by atoms with Crippen molar-refractivity contribution in [3.8, 4) is 11.4 Å². The Kier molecular flexibility index (Phi) is 4.57. The molecule has 0 radical (unpaired) electrons. The summed E-state index contributed by atoms with van der Waals surface area (Å²) < 4.78 is 17.5. The molecule has 4 rings (SSSR count). The SMILES string of the molecule is Cn1cc(-c2nnc3n2CCC(NC(=O)Nc2ccccc2F)CC3)cn1. The first-order valence-electron chi connectivity index (χ1n) is 8.83. The van der Waals surface area contributed by atoms with Crippen molar-refractivity contribution in [2.24, 2.45) is 7.05 Å². The minimum absolute atomic E-state index is 0.0276. The fourth-order valence-electron chi connectivity index (χ4n) is 3.29. The fourth-order valence-corrected chi connectivity index (χ4v) is 3.29. The summed E-state index contributed by atoms with van der Waals surface area (Å²) in [5.41, 5.74) is 1.08. The van der Waals surface area contributed by atoms with Gasteiger partial charge >= 0.3 is 6.03 Å². The number of hydrogen-bond donors (Lipinski definition) is 2. The molecular weight excluding hydrogens is 349 g/mol. The van der Waals surface area contributed by atoms with Gasteiger partial charge in [-0.05, 0) is 25.0 Å². The molecule has 140 valence electrons. The number of rotatable bonds is 3. The zero-order chi connectivity index (χ0) is 18.8. The second-order valence-electron chi connectivity index (χ2n) is 6.60. The number of fused-ring (bicyclic) bond motifs is 1. The lowest BCUT2D eigenvalue weighted by Crippen LogP contribution is -2.38. The molecule has 8 nitrogen and oxygen atoms in total. The third kappa shape index (κ3) is 3.67. The number of nitrogens with zero attached hydrogens (tertiary/aromatic N) is 5. The Balaban J connectivity index is 1.41. The molecular formula is C18H20FN7O. The molecule has 27 heavy (non-hydrogen) atoms. The minimum atomic E-state index is -0.458. The molecule has 1 aromatic carbocycles. The monoisotopic (exact) mass is 369 g/mol. The Hall–Kier alpha value is -3.23. The molecule has 1 aliphatic heterocycles. The highest BCUT2D eigenvalue weighted by Crippen LogP contribution is 2.22. The van der Waals surface area contributed by atoms with Crippen molar-refractivity contribution >= 4 is 11.7 Å². The molecule has 2 aromatic heterocycles. The molecule has 3 aromatic rings. The van der Waals surface area contributed by atoms with Crippen LogP contribution in [0, 0.1) is 5.82 Å². The van der Waals surface area contributed by atoms with E-state index >= 15 is 0 Å². The minimum Gasteiger partial charge on any atom is -0.335 e. The molecule has 0 aliphatic carbocycles. The van der Waals surface area contributed by atoms with E-state index in [9.17, 15) is 9.18 Å². The van der Waals surface area contributed by atoms with Crippen molar-refractivity contribution in [2.45, 2.75) is 31.8 Å². The largest absolute Gasteiger partial charge is 0.335 e. The number of anilines is 1. The van der Waals surface area contributed by atoms with Crippen molar-refractivity contribution in [2.75, 3.05) is 5.32 Å². The lowest BCUT2D eigenvalue weighted by Gasteiger charge is -2.17. The standard InChI is InChI=1S/C18H20FN7O/c1-25-11-12(10-20-25)17-24-23-16-7-6-13(8-9-26(16)17)21-18(27)22-15-5-3-2-4-14(15)19/h2-5,10-11,13H,6-9H2,1H3,(H2,21,22,27). The summed E-state index contributed by atoms with van der Waals surface area (Å²) in [6.45, 7) is 0.692. The van der Waals surface area contributed by atoms with Gasteiger partial charge in [0.05, 0.1) is 17.4 Å². The van der Waals surface area contributed by atoms with Gasteiger partial charge in [-0.15, -0.1) is 10.2 Å². The summed E-state index contributed by atoms with van der Waals surface area (Å²) in [5.74, 6) is 1.23. The lowest BCUT2D eigenvalue weighted by atomic mass is 10.1. The summed E-state index contributed by atoms with van der Waals surface area (Å²) in [6.07, 6.45) is 5.86. The number of urea groups is 1. The molecule has 0 fully saturated rings. The topological polar surface area (TPSA) is 89.7 Å². The number of para-hydroxylation sites is 1. The van der Waals surface area contributed by atoms with Crippen LogP contribution in [0.25, 0.3) is 11.4 Å². The van der Waals surface area contributed by atoms with Crippen LogP contribution in [0.15, 0.2) is 36.7 Å². The molecule has 1 unspecified atom stereocenters. The van der Waals surface area contributed by atoms with Crippen molar-refractivity contribution in [3.05, 3.63) is 48.3 Å². The van der Waals surface area contributed by atoms with Crippen molar-refractivity contribution in [3.63, 3.8) is 0 Å². The molecule has 0 saturated heterocycles. The van der Waals surface area contributed by atoms with E-state index in [-0.39, 0.29) is 11.7 Å². The second-order valence-corrected chi connectivity index (χ2v) is 6.60. The van der Waals surface area contributed by atoms with E-state index < -0.39 is 11.8 Å².